The van der Waals surface area contributed by atoms with E-state index in [1.807, 2.05) is 11.4 Å². The maximum Gasteiger partial charge on any atom is 0.363 e. The van der Waals surface area contributed by atoms with Crippen LogP contribution in [0.2, 0.25) is 0 Å². The van der Waals surface area contributed by atoms with Crippen LogP contribution in [0.5, 0.6) is 0 Å². The molecule has 0 aliphatic carbocycles. The Balaban J connectivity index is 2.10. The second-order valence-electron chi connectivity index (χ2n) is 3.78. The number of nitrogens with one attached hydrogen (secondary N) is 1. The molecular formula is C12H13N3O2S. The third-order valence-corrected chi connectivity index (χ3v) is 3.56. The number of anilines is 1. The first-order valence-corrected chi connectivity index (χ1v) is 6.49. The van der Waals surface area contributed by atoms with Gasteiger partial charge in [-0.2, -0.15) is 0 Å². The molecule has 0 spiro atoms. The topological polar surface area (TPSA) is 68.1 Å². The van der Waals surface area contributed by atoms with Gasteiger partial charge in [-0.1, -0.05) is 13.0 Å². The molecule has 0 aliphatic heterocycles. The van der Waals surface area contributed by atoms with Gasteiger partial charge in [0.25, 0.3) is 0 Å². The fraction of sp³-hybridized carbons (Fsp3) is 0.250. The zero-order chi connectivity index (χ0) is 13.0. The van der Waals surface area contributed by atoms with E-state index in [0.29, 0.717) is 0 Å². The molecule has 1 N–H and O–H groups in total. The van der Waals surface area contributed by atoms with E-state index in [2.05, 4.69) is 23.3 Å². The van der Waals surface area contributed by atoms with Gasteiger partial charge in [0.15, 0.2) is 6.20 Å². The van der Waals surface area contributed by atoms with Crippen LogP contribution in [0.4, 0.5) is 11.5 Å². The molecule has 2 heterocycles. The Morgan fingerprint density at radius 2 is 2.33 bits per heavy atom. The summed E-state index contributed by atoms with van der Waals surface area (Å²) in [6, 6.07) is 7.39. The molecule has 18 heavy (non-hydrogen) atoms. The lowest BCUT2D eigenvalue weighted by atomic mass is 10.2. The molecule has 94 valence electrons. The fourth-order valence-corrected chi connectivity index (χ4v) is 2.51. The standard InChI is InChI=1S/C12H13N3O2S/c1-2-10(11-4-3-7-18-11)14-9-5-6-12(13-8-9)15(16)17/h3-8,10,14H,2H2,1H3. The highest BCUT2D eigenvalue weighted by Crippen LogP contribution is 2.26. The Morgan fingerprint density at radius 3 is 2.83 bits per heavy atom. The number of pyridine rings is 1. The molecule has 2 rings (SSSR count). The molecule has 0 aliphatic rings. The highest BCUT2D eigenvalue weighted by molar-refractivity contribution is 7.10. The summed E-state index contributed by atoms with van der Waals surface area (Å²) in [5, 5.41) is 15.9. The van der Waals surface area contributed by atoms with E-state index in [9.17, 15) is 10.1 Å². The second-order valence-corrected chi connectivity index (χ2v) is 4.76. The van der Waals surface area contributed by atoms with Crippen LogP contribution in [0.3, 0.4) is 0 Å². The zero-order valence-corrected chi connectivity index (χ0v) is 10.7. The van der Waals surface area contributed by atoms with Gasteiger partial charge in [0.2, 0.25) is 0 Å². The van der Waals surface area contributed by atoms with Crippen LogP contribution in [-0.4, -0.2) is 9.91 Å². The Morgan fingerprint density at radius 1 is 1.50 bits per heavy atom. The summed E-state index contributed by atoms with van der Waals surface area (Å²) in [4.78, 5) is 15.0. The summed E-state index contributed by atoms with van der Waals surface area (Å²) in [5.74, 6) is -0.135. The van der Waals surface area contributed by atoms with Crippen LogP contribution >= 0.6 is 11.3 Å². The molecule has 0 fully saturated rings. The number of hydrogen-bond acceptors (Lipinski definition) is 5. The predicted molar refractivity (Wildman–Crippen MR) is 71.9 cm³/mol. The summed E-state index contributed by atoms with van der Waals surface area (Å²) < 4.78 is 0. The van der Waals surface area contributed by atoms with Gasteiger partial charge in [0.1, 0.15) is 0 Å². The van der Waals surface area contributed by atoms with E-state index in [0.717, 1.165) is 12.1 Å². The second kappa shape index (κ2) is 5.59. The first-order valence-electron chi connectivity index (χ1n) is 5.61. The van der Waals surface area contributed by atoms with Gasteiger partial charge in [-0.25, -0.2) is 0 Å². The monoisotopic (exact) mass is 263 g/mol. The molecule has 1 unspecified atom stereocenters. The maximum absolute atomic E-state index is 10.5. The Bertz CT molecular complexity index is 511. The number of nitrogens with zero attached hydrogens (tertiary/aromatic N) is 2. The Kier molecular flexibility index (Phi) is 3.88. The van der Waals surface area contributed by atoms with Gasteiger partial charge in [-0.05, 0) is 33.8 Å². The average molecular weight is 263 g/mol. The smallest absolute Gasteiger partial charge is 0.363 e. The van der Waals surface area contributed by atoms with E-state index >= 15 is 0 Å². The van der Waals surface area contributed by atoms with Crippen molar-refractivity contribution in [1.82, 2.24) is 4.98 Å². The minimum absolute atomic E-state index is 0.135. The van der Waals surface area contributed by atoms with Crippen molar-refractivity contribution in [3.63, 3.8) is 0 Å². The lowest BCUT2D eigenvalue weighted by Gasteiger charge is -2.15. The molecule has 5 nitrogen and oxygen atoms in total. The van der Waals surface area contributed by atoms with Crippen LogP contribution < -0.4 is 5.32 Å². The Hall–Kier alpha value is -1.95. The largest absolute Gasteiger partial charge is 0.374 e. The molecular weight excluding hydrogens is 250 g/mol. The number of hydrogen-bond donors (Lipinski definition) is 1. The van der Waals surface area contributed by atoms with Crippen LogP contribution in [0, 0.1) is 10.1 Å². The van der Waals surface area contributed by atoms with Gasteiger partial charge in [0, 0.05) is 10.9 Å². The van der Waals surface area contributed by atoms with Crippen LogP contribution in [0.1, 0.15) is 24.3 Å². The summed E-state index contributed by atoms with van der Waals surface area (Å²) in [7, 11) is 0. The lowest BCUT2D eigenvalue weighted by Crippen LogP contribution is -2.08. The molecule has 2 aromatic rings. The third-order valence-electron chi connectivity index (χ3n) is 2.57. The van der Waals surface area contributed by atoms with Crippen molar-refractivity contribution < 1.29 is 4.92 Å². The number of rotatable bonds is 5. The summed E-state index contributed by atoms with van der Waals surface area (Å²) in [6.45, 7) is 2.09. The van der Waals surface area contributed by atoms with Gasteiger partial charge in [0.05, 0.1) is 11.7 Å². The van der Waals surface area contributed by atoms with Crippen LogP contribution in [0.15, 0.2) is 35.8 Å². The van der Waals surface area contributed by atoms with Gasteiger partial charge in [-0.15, -0.1) is 11.3 Å². The number of nitro groups is 1. The molecule has 1 atom stereocenters. The minimum atomic E-state index is -0.500. The third kappa shape index (κ3) is 2.84. The van der Waals surface area contributed by atoms with Crippen molar-refractivity contribution in [3.05, 3.63) is 50.8 Å². The quantitative estimate of drug-likeness (QED) is 0.661. The Labute approximate surface area is 109 Å². The van der Waals surface area contributed by atoms with Gasteiger partial charge >= 0.3 is 5.82 Å². The minimum Gasteiger partial charge on any atom is -0.374 e. The SMILES string of the molecule is CCC(Nc1ccc([N+](=O)[O-])nc1)c1cccs1. The summed E-state index contributed by atoms with van der Waals surface area (Å²) >= 11 is 1.69. The van der Waals surface area contributed by atoms with E-state index in [1.165, 1.54) is 17.1 Å². The van der Waals surface area contributed by atoms with Crippen molar-refractivity contribution in [2.75, 3.05) is 5.32 Å². The van der Waals surface area contributed by atoms with Gasteiger partial charge < -0.3 is 15.4 Å². The van der Waals surface area contributed by atoms with Crippen molar-refractivity contribution >= 4 is 22.8 Å². The summed E-state index contributed by atoms with van der Waals surface area (Å²) in [6.07, 6.45) is 2.44. The fourth-order valence-electron chi connectivity index (χ4n) is 1.64. The van der Waals surface area contributed by atoms with Crippen molar-refractivity contribution in [1.29, 1.82) is 0 Å². The summed E-state index contributed by atoms with van der Waals surface area (Å²) in [5.41, 5.74) is 0.792. The normalized spacial score (nSPS) is 12.1. The number of aromatic nitrogens is 1. The highest BCUT2D eigenvalue weighted by Gasteiger charge is 2.12. The lowest BCUT2D eigenvalue weighted by molar-refractivity contribution is -0.389. The molecule has 0 saturated heterocycles. The van der Waals surface area contributed by atoms with Gasteiger partial charge in [-0.3, -0.25) is 0 Å². The molecule has 0 amide bonds. The van der Waals surface area contributed by atoms with E-state index in [-0.39, 0.29) is 11.9 Å². The zero-order valence-electron chi connectivity index (χ0n) is 9.87. The first kappa shape index (κ1) is 12.5. The van der Waals surface area contributed by atoms with Crippen molar-refractivity contribution in [3.8, 4) is 0 Å². The molecule has 0 bridgehead atoms. The van der Waals surface area contributed by atoms with Crippen molar-refractivity contribution in [2.24, 2.45) is 0 Å². The predicted octanol–water partition coefficient (Wildman–Crippen LogP) is 3.61. The molecule has 0 saturated carbocycles. The highest BCUT2D eigenvalue weighted by atomic mass is 32.1. The molecule has 6 heteroatoms. The first-order chi connectivity index (χ1) is 8.70. The average Bonchev–Trinajstić information content (AvgIpc) is 2.90. The molecule has 0 radical (unpaired) electrons. The van der Waals surface area contributed by atoms with E-state index in [4.69, 9.17) is 0 Å². The van der Waals surface area contributed by atoms with Crippen molar-refractivity contribution in [2.45, 2.75) is 19.4 Å². The molecule has 0 aromatic carbocycles. The van der Waals surface area contributed by atoms with Crippen LogP contribution in [0.25, 0.3) is 0 Å². The number of thiophene rings is 1. The molecule has 2 aromatic heterocycles. The maximum atomic E-state index is 10.5. The van der Waals surface area contributed by atoms with Crippen LogP contribution in [-0.2, 0) is 0 Å². The van der Waals surface area contributed by atoms with E-state index in [1.54, 1.807) is 17.4 Å². The van der Waals surface area contributed by atoms with E-state index < -0.39 is 4.92 Å².